The molecule has 6 heteroatoms. The third-order valence-corrected chi connectivity index (χ3v) is 4.84. The first kappa shape index (κ1) is 20.2. The molecule has 0 bridgehead atoms. The maximum Gasteiger partial charge on any atom is 0.349 e. The minimum absolute atomic E-state index is 0.168. The van der Waals surface area contributed by atoms with Crippen molar-refractivity contribution < 1.29 is 19.1 Å². The second-order valence-electron chi connectivity index (χ2n) is 6.77. The molecule has 29 heavy (non-hydrogen) atoms. The molecule has 2 aromatic carbocycles. The molecule has 3 rings (SSSR count). The number of esters is 1. The molecule has 0 radical (unpaired) electrons. The third kappa shape index (κ3) is 4.82. The van der Waals surface area contributed by atoms with E-state index in [1.165, 1.54) is 18.6 Å². The van der Waals surface area contributed by atoms with Gasteiger partial charge < -0.3 is 14.4 Å². The summed E-state index contributed by atoms with van der Waals surface area (Å²) in [4.78, 5) is 26.8. The van der Waals surface area contributed by atoms with Crippen molar-refractivity contribution >= 4 is 18.0 Å². The van der Waals surface area contributed by atoms with E-state index in [1.807, 2.05) is 24.3 Å². The maximum atomic E-state index is 12.7. The Morgan fingerprint density at radius 1 is 1.14 bits per heavy atom. The molecule has 0 N–H and O–H groups in total. The van der Waals surface area contributed by atoms with E-state index < -0.39 is 12.1 Å². The van der Waals surface area contributed by atoms with Crippen LogP contribution in [-0.4, -0.2) is 36.5 Å². The number of benzene rings is 2. The molecule has 0 aromatic heterocycles. The number of hydrogen-bond donors (Lipinski definition) is 0. The number of ether oxygens (including phenoxy) is 2. The average molecular weight is 390 g/mol. The Morgan fingerprint density at radius 2 is 1.83 bits per heavy atom. The molecule has 0 aliphatic carbocycles. The van der Waals surface area contributed by atoms with Gasteiger partial charge in [-0.1, -0.05) is 36.4 Å². The zero-order valence-electron chi connectivity index (χ0n) is 16.4. The quantitative estimate of drug-likeness (QED) is 0.445. The van der Waals surface area contributed by atoms with Crippen LogP contribution in [-0.2, 0) is 27.3 Å². The molecule has 0 fully saturated rings. The van der Waals surface area contributed by atoms with Crippen molar-refractivity contribution in [1.29, 1.82) is 5.26 Å². The lowest BCUT2D eigenvalue weighted by Crippen LogP contribution is -2.42. The molecule has 0 saturated heterocycles. The standard InChI is InChI=1S/C23H22N2O4/c1-16(22(26)25-12-11-18-5-3-4-6-19(18)15-25)29-23(27)20(14-24)13-17-7-9-21(28-2)10-8-17/h3-10,13,16H,11-12,15H2,1-2H3/b20-13+/t16-/m0/s1. The molecule has 1 amide bonds. The fourth-order valence-electron chi connectivity index (χ4n) is 3.22. The van der Waals surface area contributed by atoms with Gasteiger partial charge in [0.1, 0.15) is 17.4 Å². The number of carbonyl (C=O) groups excluding carboxylic acids is 2. The number of nitrogens with zero attached hydrogens (tertiary/aromatic N) is 2. The zero-order chi connectivity index (χ0) is 20.8. The highest BCUT2D eigenvalue weighted by molar-refractivity contribution is 5.99. The van der Waals surface area contributed by atoms with Crippen molar-refractivity contribution in [3.05, 3.63) is 70.8 Å². The predicted molar refractivity (Wildman–Crippen MR) is 108 cm³/mol. The van der Waals surface area contributed by atoms with Gasteiger partial charge in [0.25, 0.3) is 5.91 Å². The molecule has 0 unspecified atom stereocenters. The molecule has 1 heterocycles. The van der Waals surface area contributed by atoms with Crippen molar-refractivity contribution in [1.82, 2.24) is 4.90 Å². The van der Waals surface area contributed by atoms with Crippen LogP contribution in [0.25, 0.3) is 6.08 Å². The second-order valence-corrected chi connectivity index (χ2v) is 6.77. The molecule has 1 aliphatic heterocycles. The SMILES string of the molecule is COc1ccc(/C=C(\C#N)C(=O)O[C@@H](C)C(=O)N2CCc3ccccc3C2)cc1. The topological polar surface area (TPSA) is 79.6 Å². The number of amides is 1. The lowest BCUT2D eigenvalue weighted by atomic mass is 9.99. The van der Waals surface area contributed by atoms with Crippen molar-refractivity contribution in [2.75, 3.05) is 13.7 Å². The van der Waals surface area contributed by atoms with Gasteiger partial charge in [-0.25, -0.2) is 4.79 Å². The van der Waals surface area contributed by atoms with E-state index in [0.29, 0.717) is 24.4 Å². The smallest absolute Gasteiger partial charge is 0.349 e. The van der Waals surface area contributed by atoms with Gasteiger partial charge in [-0.3, -0.25) is 4.79 Å². The van der Waals surface area contributed by atoms with Gasteiger partial charge in [-0.15, -0.1) is 0 Å². The first-order valence-corrected chi connectivity index (χ1v) is 9.34. The number of fused-ring (bicyclic) bond motifs is 1. The van der Waals surface area contributed by atoms with Gasteiger partial charge in [0.15, 0.2) is 6.10 Å². The Balaban J connectivity index is 1.64. The van der Waals surface area contributed by atoms with Crippen LogP contribution in [0.3, 0.4) is 0 Å². The van der Waals surface area contributed by atoms with Crippen molar-refractivity contribution in [3.63, 3.8) is 0 Å². The minimum Gasteiger partial charge on any atom is -0.497 e. The summed E-state index contributed by atoms with van der Waals surface area (Å²) in [6.45, 7) is 2.59. The molecule has 148 valence electrons. The highest BCUT2D eigenvalue weighted by Gasteiger charge is 2.27. The van der Waals surface area contributed by atoms with Crippen LogP contribution in [0.15, 0.2) is 54.1 Å². The highest BCUT2D eigenvalue weighted by atomic mass is 16.5. The number of carbonyl (C=O) groups is 2. The van der Waals surface area contributed by atoms with Gasteiger partial charge in [0.05, 0.1) is 7.11 Å². The number of hydrogen-bond acceptors (Lipinski definition) is 5. The molecule has 0 saturated carbocycles. The van der Waals surface area contributed by atoms with E-state index in [-0.39, 0.29) is 11.5 Å². The fraction of sp³-hybridized carbons (Fsp3) is 0.261. The maximum absolute atomic E-state index is 12.7. The van der Waals surface area contributed by atoms with E-state index in [9.17, 15) is 14.9 Å². The first-order chi connectivity index (χ1) is 14.0. The van der Waals surface area contributed by atoms with Gasteiger partial charge >= 0.3 is 5.97 Å². The summed E-state index contributed by atoms with van der Waals surface area (Å²) >= 11 is 0. The number of rotatable bonds is 5. The van der Waals surface area contributed by atoms with Crippen LogP contribution in [0.5, 0.6) is 5.75 Å². The van der Waals surface area contributed by atoms with Crippen LogP contribution < -0.4 is 4.74 Å². The Labute approximate surface area is 170 Å². The zero-order valence-corrected chi connectivity index (χ0v) is 16.4. The Bertz CT molecular complexity index is 973. The van der Waals surface area contributed by atoms with Gasteiger partial charge in [-0.2, -0.15) is 5.26 Å². The van der Waals surface area contributed by atoms with Gasteiger partial charge in [-0.05, 0) is 48.2 Å². The molecular formula is C23H22N2O4. The Kier molecular flexibility index (Phi) is 6.30. The average Bonchev–Trinajstić information content (AvgIpc) is 2.76. The Morgan fingerprint density at radius 3 is 2.48 bits per heavy atom. The normalized spacial score (nSPS) is 14.4. The van der Waals surface area contributed by atoms with E-state index in [1.54, 1.807) is 36.3 Å². The summed E-state index contributed by atoms with van der Waals surface area (Å²) in [6, 6.07) is 16.7. The van der Waals surface area contributed by atoms with E-state index >= 15 is 0 Å². The van der Waals surface area contributed by atoms with E-state index in [0.717, 1.165) is 12.0 Å². The predicted octanol–water partition coefficient (Wildman–Crippen LogP) is 3.12. The second kappa shape index (κ2) is 9.07. The minimum atomic E-state index is -0.972. The molecule has 6 nitrogen and oxygen atoms in total. The summed E-state index contributed by atoms with van der Waals surface area (Å²) < 4.78 is 10.4. The van der Waals surface area contributed by atoms with Crippen molar-refractivity contribution in [2.45, 2.75) is 26.0 Å². The first-order valence-electron chi connectivity index (χ1n) is 9.34. The van der Waals surface area contributed by atoms with Crippen molar-refractivity contribution in [3.8, 4) is 11.8 Å². The van der Waals surface area contributed by atoms with Gasteiger partial charge in [0.2, 0.25) is 0 Å². The summed E-state index contributed by atoms with van der Waals surface area (Å²) in [7, 11) is 1.56. The van der Waals surface area contributed by atoms with Crippen LogP contribution in [0.4, 0.5) is 0 Å². The summed E-state index contributed by atoms with van der Waals surface area (Å²) in [5, 5.41) is 9.33. The molecule has 0 spiro atoms. The fourth-order valence-corrected chi connectivity index (χ4v) is 3.22. The summed E-state index contributed by atoms with van der Waals surface area (Å²) in [5.74, 6) is -0.415. The van der Waals surface area contributed by atoms with Crippen LogP contribution in [0.2, 0.25) is 0 Å². The summed E-state index contributed by atoms with van der Waals surface area (Å²) in [6.07, 6.45) is 1.22. The number of nitriles is 1. The van der Waals surface area contributed by atoms with Crippen molar-refractivity contribution in [2.24, 2.45) is 0 Å². The lowest BCUT2D eigenvalue weighted by Gasteiger charge is -2.30. The third-order valence-electron chi connectivity index (χ3n) is 4.84. The molecule has 1 atom stereocenters. The van der Waals surface area contributed by atoms with Crippen LogP contribution in [0, 0.1) is 11.3 Å². The highest BCUT2D eigenvalue weighted by Crippen LogP contribution is 2.20. The molecule has 2 aromatic rings. The monoisotopic (exact) mass is 390 g/mol. The van der Waals surface area contributed by atoms with Crippen LogP contribution >= 0.6 is 0 Å². The van der Waals surface area contributed by atoms with E-state index in [2.05, 4.69) is 6.07 Å². The van der Waals surface area contributed by atoms with E-state index in [4.69, 9.17) is 9.47 Å². The Hall–Kier alpha value is -3.59. The molecule has 1 aliphatic rings. The lowest BCUT2D eigenvalue weighted by molar-refractivity contribution is -0.156. The summed E-state index contributed by atoms with van der Waals surface area (Å²) in [5.41, 5.74) is 2.82. The largest absolute Gasteiger partial charge is 0.497 e. The molecular weight excluding hydrogens is 368 g/mol. The van der Waals surface area contributed by atoms with Crippen LogP contribution in [0.1, 0.15) is 23.6 Å². The number of methoxy groups -OCH3 is 1. The van der Waals surface area contributed by atoms with Gasteiger partial charge in [0, 0.05) is 13.1 Å².